The molecule has 0 aliphatic carbocycles. The number of nitrogens with one attached hydrogen (secondary N) is 1. The van der Waals surface area contributed by atoms with Gasteiger partial charge in [0.05, 0.1) is 0 Å². The first-order valence-electron chi connectivity index (χ1n) is 4.89. The van der Waals surface area contributed by atoms with Gasteiger partial charge in [-0.05, 0) is 18.2 Å². The summed E-state index contributed by atoms with van der Waals surface area (Å²) in [6.07, 6.45) is -0.846. The van der Waals surface area contributed by atoms with E-state index in [1.807, 2.05) is 0 Å². The molecule has 0 bridgehead atoms. The standard InChI is InChI=1S/C11H9F2N3O/c12-9(13)11(6-7-14-16-11)10(17)15-8-4-2-1-3-5-8/h1-7,9H,(H,15,17). The van der Waals surface area contributed by atoms with Crippen molar-refractivity contribution in [3.8, 4) is 0 Å². The van der Waals surface area contributed by atoms with Crippen LogP contribution in [0.5, 0.6) is 0 Å². The van der Waals surface area contributed by atoms with Gasteiger partial charge in [0.25, 0.3) is 12.3 Å². The van der Waals surface area contributed by atoms with Crippen molar-refractivity contribution in [2.45, 2.75) is 12.0 Å². The van der Waals surface area contributed by atoms with Crippen molar-refractivity contribution in [2.24, 2.45) is 10.2 Å². The van der Waals surface area contributed by atoms with Crippen LogP contribution in [-0.2, 0) is 4.79 Å². The molecule has 0 spiro atoms. The maximum Gasteiger partial charge on any atom is 0.277 e. The smallest absolute Gasteiger partial charge is 0.277 e. The van der Waals surface area contributed by atoms with Crippen molar-refractivity contribution in [2.75, 3.05) is 5.32 Å². The lowest BCUT2D eigenvalue weighted by molar-refractivity contribution is -0.124. The fraction of sp³-hybridized carbons (Fsp3) is 0.182. The Kier molecular flexibility index (Phi) is 2.95. The summed E-state index contributed by atoms with van der Waals surface area (Å²) in [6, 6.07) is 8.35. The van der Waals surface area contributed by atoms with Gasteiger partial charge in [0.15, 0.2) is 0 Å². The van der Waals surface area contributed by atoms with Crippen molar-refractivity contribution in [3.63, 3.8) is 0 Å². The van der Waals surface area contributed by atoms with Crippen molar-refractivity contribution < 1.29 is 13.6 Å². The highest BCUT2D eigenvalue weighted by atomic mass is 19.3. The zero-order chi connectivity index (χ0) is 12.3. The number of rotatable bonds is 3. The first-order chi connectivity index (χ1) is 8.15. The third-order valence-corrected chi connectivity index (χ3v) is 2.35. The summed E-state index contributed by atoms with van der Waals surface area (Å²) >= 11 is 0. The van der Waals surface area contributed by atoms with Crippen LogP contribution < -0.4 is 5.32 Å². The first kappa shape index (κ1) is 11.4. The normalized spacial score (nSPS) is 22.1. The summed E-state index contributed by atoms with van der Waals surface area (Å²) < 4.78 is 25.8. The summed E-state index contributed by atoms with van der Waals surface area (Å²) in [6.45, 7) is 0. The van der Waals surface area contributed by atoms with Crippen LogP contribution in [-0.4, -0.2) is 17.9 Å². The van der Waals surface area contributed by atoms with Crippen molar-refractivity contribution in [1.29, 1.82) is 0 Å². The number of carbonyl (C=O) groups excluding carboxylic acids is 1. The third-order valence-electron chi connectivity index (χ3n) is 2.35. The van der Waals surface area contributed by atoms with Gasteiger partial charge in [-0.3, -0.25) is 4.79 Å². The summed E-state index contributed by atoms with van der Waals surface area (Å²) in [4.78, 5) is 11.8. The van der Waals surface area contributed by atoms with E-state index in [-0.39, 0.29) is 0 Å². The van der Waals surface area contributed by atoms with Crippen LogP contribution >= 0.6 is 0 Å². The molecule has 17 heavy (non-hydrogen) atoms. The highest BCUT2D eigenvalue weighted by molar-refractivity contribution is 6.00. The number of carbonyl (C=O) groups is 1. The molecule has 1 unspecified atom stereocenters. The van der Waals surface area contributed by atoms with Gasteiger partial charge in [-0.25, -0.2) is 8.78 Å². The summed E-state index contributed by atoms with van der Waals surface area (Å²) in [7, 11) is 0. The lowest BCUT2D eigenvalue weighted by Crippen LogP contribution is -2.44. The number of halogens is 2. The molecule has 1 aliphatic heterocycles. The van der Waals surface area contributed by atoms with Crippen LogP contribution in [0.4, 0.5) is 14.5 Å². The zero-order valence-corrected chi connectivity index (χ0v) is 8.68. The van der Waals surface area contributed by atoms with E-state index in [4.69, 9.17) is 0 Å². The number of nitrogens with zero attached hydrogens (tertiary/aromatic N) is 2. The first-order valence-corrected chi connectivity index (χ1v) is 4.89. The SMILES string of the molecule is O=C(Nc1ccccc1)C1(C(F)F)C=CN=N1. The van der Waals surface area contributed by atoms with Crippen LogP contribution in [0.25, 0.3) is 0 Å². The van der Waals surface area contributed by atoms with Gasteiger partial charge in [-0.15, -0.1) is 0 Å². The number of hydrogen-bond acceptors (Lipinski definition) is 3. The van der Waals surface area contributed by atoms with Gasteiger partial charge in [0.2, 0.25) is 5.54 Å². The maximum atomic E-state index is 12.9. The van der Waals surface area contributed by atoms with Crippen LogP contribution in [0.1, 0.15) is 0 Å². The van der Waals surface area contributed by atoms with Crippen LogP contribution in [0.15, 0.2) is 52.8 Å². The number of benzene rings is 1. The topological polar surface area (TPSA) is 53.8 Å². The number of para-hydroxylation sites is 1. The van der Waals surface area contributed by atoms with Gasteiger partial charge in [0, 0.05) is 11.9 Å². The Morgan fingerprint density at radius 3 is 2.53 bits per heavy atom. The van der Waals surface area contributed by atoms with Gasteiger partial charge in [-0.1, -0.05) is 18.2 Å². The lowest BCUT2D eigenvalue weighted by atomic mass is 10.0. The number of hydrogen-bond donors (Lipinski definition) is 1. The largest absolute Gasteiger partial charge is 0.323 e. The molecule has 6 heteroatoms. The molecule has 1 aromatic carbocycles. The summed E-state index contributed by atoms with van der Waals surface area (Å²) in [5.74, 6) is -0.892. The molecule has 0 aromatic heterocycles. The lowest BCUT2D eigenvalue weighted by Gasteiger charge is -2.20. The number of azo groups is 1. The van der Waals surface area contributed by atoms with Crippen molar-refractivity contribution in [1.82, 2.24) is 0 Å². The molecule has 88 valence electrons. The number of amides is 1. The van der Waals surface area contributed by atoms with E-state index in [1.54, 1.807) is 30.3 Å². The minimum atomic E-state index is -2.94. The average molecular weight is 237 g/mol. The maximum absolute atomic E-state index is 12.9. The zero-order valence-electron chi connectivity index (χ0n) is 8.68. The second kappa shape index (κ2) is 4.40. The summed E-state index contributed by atoms with van der Waals surface area (Å²) in [5, 5.41) is 9.02. The summed E-state index contributed by atoms with van der Waals surface area (Å²) in [5.41, 5.74) is -1.76. The Morgan fingerprint density at radius 2 is 2.00 bits per heavy atom. The Bertz CT molecular complexity index is 459. The monoisotopic (exact) mass is 237 g/mol. The second-order valence-electron chi connectivity index (χ2n) is 3.48. The van der Waals surface area contributed by atoms with Crippen LogP contribution in [0.3, 0.4) is 0 Å². The predicted octanol–water partition coefficient (Wildman–Crippen LogP) is 2.61. The molecule has 1 heterocycles. The van der Waals surface area contributed by atoms with Crippen molar-refractivity contribution in [3.05, 3.63) is 42.6 Å². The van der Waals surface area contributed by atoms with Crippen LogP contribution in [0, 0.1) is 0 Å². The van der Waals surface area contributed by atoms with E-state index in [0.717, 1.165) is 12.3 Å². The molecule has 0 fully saturated rings. The molecule has 2 rings (SSSR count). The molecule has 0 saturated carbocycles. The number of anilines is 1. The molecule has 1 N–H and O–H groups in total. The predicted molar refractivity (Wildman–Crippen MR) is 57.8 cm³/mol. The molecule has 1 aliphatic rings. The van der Waals surface area contributed by atoms with E-state index in [1.165, 1.54) is 0 Å². The Hall–Kier alpha value is -2.11. The van der Waals surface area contributed by atoms with E-state index in [0.29, 0.717) is 5.69 Å². The molecule has 1 atom stereocenters. The molecule has 0 saturated heterocycles. The molecule has 1 amide bonds. The van der Waals surface area contributed by atoms with Crippen LogP contribution in [0.2, 0.25) is 0 Å². The Labute approximate surface area is 96.0 Å². The third kappa shape index (κ3) is 2.06. The highest BCUT2D eigenvalue weighted by Gasteiger charge is 2.47. The van der Waals surface area contributed by atoms with Gasteiger partial charge in [-0.2, -0.15) is 10.2 Å². The number of alkyl halides is 2. The Morgan fingerprint density at radius 1 is 1.29 bits per heavy atom. The van der Waals surface area contributed by atoms with E-state index in [2.05, 4.69) is 15.5 Å². The van der Waals surface area contributed by atoms with E-state index in [9.17, 15) is 13.6 Å². The second-order valence-corrected chi connectivity index (χ2v) is 3.48. The van der Waals surface area contributed by atoms with Crippen molar-refractivity contribution >= 4 is 11.6 Å². The van der Waals surface area contributed by atoms with Gasteiger partial charge in [0.1, 0.15) is 0 Å². The fourth-order valence-corrected chi connectivity index (χ4v) is 1.40. The van der Waals surface area contributed by atoms with Gasteiger partial charge >= 0.3 is 0 Å². The highest BCUT2D eigenvalue weighted by Crippen LogP contribution is 2.28. The molecule has 0 radical (unpaired) electrons. The molecule has 4 nitrogen and oxygen atoms in total. The fourth-order valence-electron chi connectivity index (χ4n) is 1.40. The average Bonchev–Trinajstić information content (AvgIpc) is 2.80. The quantitative estimate of drug-likeness (QED) is 0.863. The molecule has 1 aromatic rings. The Balaban J connectivity index is 2.20. The van der Waals surface area contributed by atoms with Gasteiger partial charge < -0.3 is 5.32 Å². The van der Waals surface area contributed by atoms with E-state index < -0.39 is 17.9 Å². The minimum Gasteiger partial charge on any atom is -0.323 e. The van der Waals surface area contributed by atoms with E-state index >= 15 is 0 Å². The molecular weight excluding hydrogens is 228 g/mol. The minimum absolute atomic E-state index is 0.438. The molecular formula is C11H9F2N3O.